The largest absolute Gasteiger partial charge is 0.347 e. The summed E-state index contributed by atoms with van der Waals surface area (Å²) in [7, 11) is 3.99. The summed E-state index contributed by atoms with van der Waals surface area (Å²) in [4.78, 5) is 16.2. The summed E-state index contributed by atoms with van der Waals surface area (Å²) < 4.78 is 1.88. The fraction of sp³-hybridized carbons (Fsp3) is 0.545. The van der Waals surface area contributed by atoms with E-state index in [9.17, 15) is 4.79 Å². The van der Waals surface area contributed by atoms with Crippen molar-refractivity contribution in [1.29, 1.82) is 0 Å². The first-order chi connectivity index (χ1) is 7.18. The number of likely N-dealkylation sites (N-methyl/N-ethyl adjacent to an activating group) is 1. The normalized spacial score (nSPS) is 18.1. The molecule has 1 aromatic heterocycles. The minimum Gasteiger partial charge on any atom is -0.347 e. The third-order valence-corrected chi connectivity index (χ3v) is 2.95. The zero-order valence-corrected chi connectivity index (χ0v) is 9.31. The first-order valence-electron chi connectivity index (χ1n) is 5.27. The average Bonchev–Trinajstić information content (AvgIpc) is 2.65. The molecule has 0 unspecified atom stereocenters. The van der Waals surface area contributed by atoms with E-state index in [1.165, 1.54) is 0 Å². The van der Waals surface area contributed by atoms with Crippen LogP contribution in [0.25, 0.3) is 0 Å². The highest BCUT2D eigenvalue weighted by molar-refractivity contribution is 5.92. The highest BCUT2D eigenvalue weighted by atomic mass is 16.2. The average molecular weight is 207 g/mol. The second-order valence-corrected chi connectivity index (χ2v) is 4.10. The number of piperazine rings is 1. The molecular weight excluding hydrogens is 190 g/mol. The van der Waals surface area contributed by atoms with E-state index in [2.05, 4.69) is 11.9 Å². The molecular formula is C11H17N3O. The number of carbonyl (C=O) groups excluding carboxylic acids is 1. The number of aromatic nitrogens is 1. The molecule has 0 atom stereocenters. The van der Waals surface area contributed by atoms with E-state index in [-0.39, 0.29) is 5.91 Å². The van der Waals surface area contributed by atoms with Gasteiger partial charge in [-0.1, -0.05) is 0 Å². The number of aryl methyl sites for hydroxylation is 1. The van der Waals surface area contributed by atoms with E-state index < -0.39 is 0 Å². The van der Waals surface area contributed by atoms with E-state index in [1.54, 1.807) is 0 Å². The first kappa shape index (κ1) is 10.2. The van der Waals surface area contributed by atoms with Crippen LogP contribution < -0.4 is 0 Å². The van der Waals surface area contributed by atoms with E-state index in [0.29, 0.717) is 0 Å². The van der Waals surface area contributed by atoms with Crippen molar-refractivity contribution in [3.63, 3.8) is 0 Å². The van der Waals surface area contributed by atoms with E-state index in [0.717, 1.165) is 31.9 Å². The maximum Gasteiger partial charge on any atom is 0.270 e. The Labute approximate surface area is 90.1 Å². The van der Waals surface area contributed by atoms with Crippen molar-refractivity contribution in [2.24, 2.45) is 7.05 Å². The Kier molecular flexibility index (Phi) is 2.77. The van der Waals surface area contributed by atoms with E-state index >= 15 is 0 Å². The fourth-order valence-corrected chi connectivity index (χ4v) is 1.85. The van der Waals surface area contributed by atoms with Crippen LogP contribution >= 0.6 is 0 Å². The van der Waals surface area contributed by atoms with Gasteiger partial charge in [-0.2, -0.15) is 0 Å². The van der Waals surface area contributed by atoms with Crippen LogP contribution in [0, 0.1) is 0 Å². The van der Waals surface area contributed by atoms with Gasteiger partial charge in [-0.3, -0.25) is 4.79 Å². The molecule has 1 fully saturated rings. The van der Waals surface area contributed by atoms with Gasteiger partial charge in [0.1, 0.15) is 5.69 Å². The number of carbonyl (C=O) groups is 1. The molecule has 1 aliphatic heterocycles. The van der Waals surface area contributed by atoms with Gasteiger partial charge in [0.05, 0.1) is 0 Å². The molecule has 0 saturated carbocycles. The van der Waals surface area contributed by atoms with Gasteiger partial charge in [0.15, 0.2) is 0 Å². The number of hydrogen-bond donors (Lipinski definition) is 0. The standard InChI is InChI=1S/C11H17N3O/c1-12-6-8-14(9-7-12)11(15)10-4-3-5-13(10)2/h3-5H,6-9H2,1-2H3. The second kappa shape index (κ2) is 4.06. The van der Waals surface area contributed by atoms with Gasteiger partial charge in [0.25, 0.3) is 5.91 Å². The van der Waals surface area contributed by atoms with Crippen LogP contribution in [0.1, 0.15) is 10.5 Å². The van der Waals surface area contributed by atoms with Crippen molar-refractivity contribution in [3.05, 3.63) is 24.0 Å². The Bertz CT molecular complexity index is 350. The highest BCUT2D eigenvalue weighted by Crippen LogP contribution is 2.07. The number of hydrogen-bond acceptors (Lipinski definition) is 2. The summed E-state index contributed by atoms with van der Waals surface area (Å²) in [6.07, 6.45) is 1.91. The Balaban J connectivity index is 2.06. The lowest BCUT2D eigenvalue weighted by Gasteiger charge is -2.32. The molecule has 1 saturated heterocycles. The minimum absolute atomic E-state index is 0.149. The number of rotatable bonds is 1. The maximum absolute atomic E-state index is 12.1. The SMILES string of the molecule is CN1CCN(C(=O)c2cccn2C)CC1. The Morgan fingerprint density at radius 2 is 1.87 bits per heavy atom. The molecule has 4 heteroatoms. The lowest BCUT2D eigenvalue weighted by Crippen LogP contribution is -2.47. The molecule has 0 radical (unpaired) electrons. The van der Waals surface area contributed by atoms with Gasteiger partial charge >= 0.3 is 0 Å². The summed E-state index contributed by atoms with van der Waals surface area (Å²) in [5.41, 5.74) is 0.777. The maximum atomic E-state index is 12.1. The molecule has 1 aliphatic rings. The summed E-state index contributed by atoms with van der Waals surface area (Å²) in [5, 5.41) is 0. The molecule has 1 amide bonds. The highest BCUT2D eigenvalue weighted by Gasteiger charge is 2.21. The predicted molar refractivity (Wildman–Crippen MR) is 58.8 cm³/mol. The van der Waals surface area contributed by atoms with Crippen LogP contribution in [0.15, 0.2) is 18.3 Å². The summed E-state index contributed by atoms with van der Waals surface area (Å²) in [6.45, 7) is 3.60. The van der Waals surface area contributed by atoms with Gasteiger partial charge in [-0.15, -0.1) is 0 Å². The second-order valence-electron chi connectivity index (χ2n) is 4.10. The molecule has 1 aromatic rings. The van der Waals surface area contributed by atoms with Gasteiger partial charge in [0, 0.05) is 39.4 Å². The zero-order valence-electron chi connectivity index (χ0n) is 9.31. The zero-order chi connectivity index (χ0) is 10.8. The molecule has 0 aromatic carbocycles. The molecule has 0 N–H and O–H groups in total. The van der Waals surface area contributed by atoms with Crippen LogP contribution in [0.2, 0.25) is 0 Å². The monoisotopic (exact) mass is 207 g/mol. The van der Waals surface area contributed by atoms with E-state index in [1.807, 2.05) is 34.8 Å². The van der Waals surface area contributed by atoms with Crippen LogP contribution in [-0.2, 0) is 7.05 Å². The number of amides is 1. The Hall–Kier alpha value is -1.29. The van der Waals surface area contributed by atoms with E-state index in [4.69, 9.17) is 0 Å². The Morgan fingerprint density at radius 1 is 1.20 bits per heavy atom. The fourth-order valence-electron chi connectivity index (χ4n) is 1.85. The molecule has 0 spiro atoms. The molecule has 2 heterocycles. The summed E-state index contributed by atoms with van der Waals surface area (Å²) in [6, 6.07) is 3.78. The molecule has 0 aliphatic carbocycles. The minimum atomic E-state index is 0.149. The quantitative estimate of drug-likeness (QED) is 0.667. The van der Waals surface area contributed by atoms with Crippen LogP contribution in [0.4, 0.5) is 0 Å². The van der Waals surface area contributed by atoms with Gasteiger partial charge in [-0.25, -0.2) is 0 Å². The lowest BCUT2D eigenvalue weighted by atomic mass is 10.3. The third-order valence-electron chi connectivity index (χ3n) is 2.95. The van der Waals surface area contributed by atoms with Gasteiger partial charge in [-0.05, 0) is 19.2 Å². The van der Waals surface area contributed by atoms with Crippen molar-refractivity contribution in [3.8, 4) is 0 Å². The molecule has 15 heavy (non-hydrogen) atoms. The summed E-state index contributed by atoms with van der Waals surface area (Å²) in [5.74, 6) is 0.149. The van der Waals surface area contributed by atoms with Gasteiger partial charge < -0.3 is 14.4 Å². The van der Waals surface area contributed by atoms with Crippen molar-refractivity contribution in [2.75, 3.05) is 33.2 Å². The lowest BCUT2D eigenvalue weighted by molar-refractivity contribution is 0.0654. The van der Waals surface area contributed by atoms with Crippen molar-refractivity contribution in [2.45, 2.75) is 0 Å². The molecule has 82 valence electrons. The third kappa shape index (κ3) is 2.04. The number of nitrogens with zero attached hydrogens (tertiary/aromatic N) is 3. The van der Waals surface area contributed by atoms with Gasteiger partial charge in [0.2, 0.25) is 0 Å². The first-order valence-corrected chi connectivity index (χ1v) is 5.27. The Morgan fingerprint density at radius 3 is 2.40 bits per heavy atom. The molecule has 0 bridgehead atoms. The van der Waals surface area contributed by atoms with Crippen molar-refractivity contribution in [1.82, 2.24) is 14.4 Å². The molecule has 2 rings (SSSR count). The topological polar surface area (TPSA) is 28.5 Å². The molecule has 4 nitrogen and oxygen atoms in total. The predicted octanol–water partition coefficient (Wildman–Crippen LogP) is 0.413. The van der Waals surface area contributed by atoms with Crippen LogP contribution in [0.3, 0.4) is 0 Å². The van der Waals surface area contributed by atoms with Crippen molar-refractivity contribution < 1.29 is 4.79 Å². The summed E-state index contributed by atoms with van der Waals surface area (Å²) >= 11 is 0. The van der Waals surface area contributed by atoms with Crippen LogP contribution in [-0.4, -0.2) is 53.5 Å². The van der Waals surface area contributed by atoms with Crippen molar-refractivity contribution >= 4 is 5.91 Å². The smallest absolute Gasteiger partial charge is 0.270 e. The van der Waals surface area contributed by atoms with Crippen LogP contribution in [0.5, 0.6) is 0 Å².